The molecule has 1 rings (SSSR count). The molecule has 0 aromatic heterocycles. The molecule has 5 heteroatoms. The summed E-state index contributed by atoms with van der Waals surface area (Å²) in [7, 11) is 0. The zero-order chi connectivity index (χ0) is 11.8. The van der Waals surface area contributed by atoms with Crippen LogP contribution < -0.4 is 0 Å². The molecular weight excluding hydrogens is 198 g/mol. The second-order valence-corrected chi connectivity index (χ2v) is 4.01. The van der Waals surface area contributed by atoms with Crippen molar-refractivity contribution in [1.82, 2.24) is 4.90 Å². The molecule has 1 heterocycles. The highest BCUT2D eigenvalue weighted by Gasteiger charge is 2.44. The highest BCUT2D eigenvalue weighted by atomic mass is 16.3. The fraction of sp³-hybridized carbons (Fsp3) is 0.600. The maximum Gasteiger partial charge on any atom is 0.257 e. The van der Waals surface area contributed by atoms with Crippen LogP contribution >= 0.6 is 0 Å². The Bertz CT molecular complexity index is 317. The number of rotatable bonds is 3. The first kappa shape index (κ1) is 11.9. The van der Waals surface area contributed by atoms with Gasteiger partial charge in [0, 0.05) is 11.1 Å². The lowest BCUT2D eigenvalue weighted by atomic mass is 10.0. The van der Waals surface area contributed by atoms with Crippen molar-refractivity contribution >= 4 is 11.8 Å². The molecule has 0 radical (unpaired) electrons. The number of amides is 2. The van der Waals surface area contributed by atoms with Crippen molar-refractivity contribution in [3.05, 3.63) is 11.1 Å². The Morgan fingerprint density at radius 2 is 1.40 bits per heavy atom. The summed E-state index contributed by atoms with van der Waals surface area (Å²) >= 11 is 0. The number of hydrogen-bond acceptors (Lipinski definition) is 4. The van der Waals surface area contributed by atoms with Gasteiger partial charge in [0.25, 0.3) is 11.8 Å². The van der Waals surface area contributed by atoms with Gasteiger partial charge in [-0.05, 0) is 20.8 Å². The third kappa shape index (κ3) is 1.57. The van der Waals surface area contributed by atoms with Gasteiger partial charge >= 0.3 is 0 Å². The predicted octanol–water partition coefficient (Wildman–Crippen LogP) is -0.565. The number of aliphatic hydroxyl groups is 2. The molecule has 15 heavy (non-hydrogen) atoms. The largest absolute Gasteiger partial charge is 0.394 e. The minimum absolute atomic E-state index is 0.369. The molecule has 0 atom stereocenters. The summed E-state index contributed by atoms with van der Waals surface area (Å²) in [5, 5.41) is 18.3. The van der Waals surface area contributed by atoms with Crippen LogP contribution in [0, 0.1) is 0 Å². The van der Waals surface area contributed by atoms with Crippen LogP contribution in [0.1, 0.15) is 20.8 Å². The van der Waals surface area contributed by atoms with Gasteiger partial charge in [-0.1, -0.05) is 0 Å². The standard InChI is InChI=1S/C10H15NO4/c1-6-7(2)9(15)11(8(6)14)10(3,4-12)5-13/h12-13H,4-5H2,1-3H3. The molecule has 1 aliphatic rings. The van der Waals surface area contributed by atoms with Crippen molar-refractivity contribution in [2.24, 2.45) is 0 Å². The van der Waals surface area contributed by atoms with Crippen LogP contribution in [0.15, 0.2) is 11.1 Å². The summed E-state index contributed by atoms with van der Waals surface area (Å²) in [6.07, 6.45) is 0. The molecule has 0 spiro atoms. The minimum Gasteiger partial charge on any atom is -0.394 e. The van der Waals surface area contributed by atoms with Gasteiger partial charge in [0.15, 0.2) is 0 Å². The van der Waals surface area contributed by atoms with Crippen molar-refractivity contribution in [2.45, 2.75) is 26.3 Å². The topological polar surface area (TPSA) is 77.8 Å². The lowest BCUT2D eigenvalue weighted by Gasteiger charge is -2.34. The molecule has 2 N–H and O–H groups in total. The molecule has 0 aromatic carbocycles. The van der Waals surface area contributed by atoms with E-state index < -0.39 is 30.6 Å². The Labute approximate surface area is 88.0 Å². The molecule has 0 aliphatic carbocycles. The van der Waals surface area contributed by atoms with E-state index in [0.717, 1.165) is 4.90 Å². The van der Waals surface area contributed by atoms with Crippen LogP contribution in [0.5, 0.6) is 0 Å². The number of aliphatic hydroxyl groups excluding tert-OH is 2. The second kappa shape index (κ2) is 3.75. The van der Waals surface area contributed by atoms with E-state index in [4.69, 9.17) is 10.2 Å². The van der Waals surface area contributed by atoms with E-state index in [9.17, 15) is 9.59 Å². The molecule has 1 aliphatic heterocycles. The molecule has 0 saturated carbocycles. The Kier molecular flexibility index (Phi) is 2.97. The van der Waals surface area contributed by atoms with Crippen LogP contribution in [-0.4, -0.2) is 45.7 Å². The van der Waals surface area contributed by atoms with Crippen LogP contribution in [-0.2, 0) is 9.59 Å². The quantitative estimate of drug-likeness (QED) is 0.616. The van der Waals surface area contributed by atoms with Crippen LogP contribution in [0.2, 0.25) is 0 Å². The summed E-state index contributed by atoms with van der Waals surface area (Å²) in [6, 6.07) is 0. The van der Waals surface area contributed by atoms with E-state index in [1.165, 1.54) is 6.92 Å². The maximum atomic E-state index is 11.7. The van der Waals surface area contributed by atoms with Gasteiger partial charge in [0.05, 0.1) is 18.8 Å². The first-order valence-electron chi connectivity index (χ1n) is 4.67. The maximum absolute atomic E-state index is 11.7. The molecule has 2 amide bonds. The van der Waals surface area contributed by atoms with Crippen molar-refractivity contribution in [2.75, 3.05) is 13.2 Å². The summed E-state index contributed by atoms with van der Waals surface area (Å²) < 4.78 is 0. The Balaban J connectivity index is 3.12. The van der Waals surface area contributed by atoms with Crippen molar-refractivity contribution in [1.29, 1.82) is 0 Å². The number of hydrogen-bond donors (Lipinski definition) is 2. The smallest absolute Gasteiger partial charge is 0.257 e. The molecule has 0 aromatic rings. The van der Waals surface area contributed by atoms with E-state index in [-0.39, 0.29) is 0 Å². The number of imide groups is 1. The van der Waals surface area contributed by atoms with Gasteiger partial charge in [-0.25, -0.2) is 0 Å². The van der Waals surface area contributed by atoms with Gasteiger partial charge in [0.2, 0.25) is 0 Å². The first-order valence-corrected chi connectivity index (χ1v) is 4.67. The molecule has 5 nitrogen and oxygen atoms in total. The van der Waals surface area contributed by atoms with Crippen molar-refractivity contribution < 1.29 is 19.8 Å². The molecule has 0 fully saturated rings. The van der Waals surface area contributed by atoms with Gasteiger partial charge in [0.1, 0.15) is 0 Å². The van der Waals surface area contributed by atoms with Crippen LogP contribution in [0.25, 0.3) is 0 Å². The van der Waals surface area contributed by atoms with E-state index in [0.29, 0.717) is 11.1 Å². The fourth-order valence-corrected chi connectivity index (χ4v) is 1.43. The van der Waals surface area contributed by atoms with Crippen LogP contribution in [0.3, 0.4) is 0 Å². The number of carbonyl (C=O) groups is 2. The monoisotopic (exact) mass is 213 g/mol. The summed E-state index contributed by atoms with van der Waals surface area (Å²) in [6.45, 7) is 3.67. The summed E-state index contributed by atoms with van der Waals surface area (Å²) in [5.74, 6) is -0.883. The van der Waals surface area contributed by atoms with Gasteiger partial charge in [-0.15, -0.1) is 0 Å². The Morgan fingerprint density at radius 3 is 1.67 bits per heavy atom. The Morgan fingerprint density at radius 1 is 1.07 bits per heavy atom. The SMILES string of the molecule is CC1=C(C)C(=O)N(C(C)(CO)CO)C1=O. The average Bonchev–Trinajstić information content (AvgIpc) is 2.43. The predicted molar refractivity (Wildman–Crippen MR) is 52.8 cm³/mol. The van der Waals surface area contributed by atoms with Gasteiger partial charge in [-0.3, -0.25) is 14.5 Å². The lowest BCUT2D eigenvalue weighted by molar-refractivity contribution is -0.148. The normalized spacial score (nSPS) is 18.1. The fourth-order valence-electron chi connectivity index (χ4n) is 1.43. The molecule has 0 saturated heterocycles. The number of carbonyl (C=O) groups excluding carboxylic acids is 2. The first-order chi connectivity index (χ1) is 6.89. The lowest BCUT2D eigenvalue weighted by Crippen LogP contribution is -2.55. The molecule has 0 bridgehead atoms. The highest BCUT2D eigenvalue weighted by Crippen LogP contribution is 2.27. The van der Waals surface area contributed by atoms with Gasteiger partial charge in [-0.2, -0.15) is 0 Å². The minimum atomic E-state index is -1.23. The molecule has 84 valence electrons. The van der Waals surface area contributed by atoms with Crippen molar-refractivity contribution in [3.8, 4) is 0 Å². The third-order valence-electron chi connectivity index (χ3n) is 2.83. The molecule has 0 unspecified atom stereocenters. The molecular formula is C10H15NO4. The number of nitrogens with zero attached hydrogens (tertiary/aromatic N) is 1. The van der Waals surface area contributed by atoms with E-state index in [1.807, 2.05) is 0 Å². The van der Waals surface area contributed by atoms with E-state index in [2.05, 4.69) is 0 Å². The average molecular weight is 213 g/mol. The zero-order valence-corrected chi connectivity index (χ0v) is 9.07. The summed E-state index contributed by atoms with van der Waals surface area (Å²) in [4.78, 5) is 24.4. The third-order valence-corrected chi connectivity index (χ3v) is 2.83. The summed E-state index contributed by atoms with van der Waals surface area (Å²) in [5.41, 5.74) is -0.492. The van der Waals surface area contributed by atoms with Gasteiger partial charge < -0.3 is 10.2 Å². The zero-order valence-electron chi connectivity index (χ0n) is 9.07. The second-order valence-electron chi connectivity index (χ2n) is 4.01. The van der Waals surface area contributed by atoms with E-state index in [1.54, 1.807) is 13.8 Å². The van der Waals surface area contributed by atoms with E-state index >= 15 is 0 Å². The highest BCUT2D eigenvalue weighted by molar-refractivity contribution is 6.19. The van der Waals surface area contributed by atoms with Crippen LogP contribution in [0.4, 0.5) is 0 Å². The van der Waals surface area contributed by atoms with Crippen molar-refractivity contribution in [3.63, 3.8) is 0 Å². The Hall–Kier alpha value is -1.20.